The average Bonchev–Trinajstić information content (AvgIpc) is 3.13. The van der Waals surface area contributed by atoms with Crippen LogP contribution in [0.25, 0.3) is 0 Å². The van der Waals surface area contributed by atoms with E-state index in [9.17, 15) is 0 Å². The number of rotatable bonds is 4. The predicted molar refractivity (Wildman–Crippen MR) is 75.1 cm³/mol. The molecule has 0 aliphatic heterocycles. The second kappa shape index (κ2) is 6.86. The van der Waals surface area contributed by atoms with Crippen molar-refractivity contribution in [3.63, 3.8) is 0 Å². The third kappa shape index (κ3) is 4.49. The molecule has 2 nitrogen and oxygen atoms in total. The van der Waals surface area contributed by atoms with Gasteiger partial charge in [0, 0.05) is 5.71 Å². The van der Waals surface area contributed by atoms with Crippen molar-refractivity contribution in [2.75, 3.05) is 6.61 Å². The molecule has 1 saturated carbocycles. The molecule has 1 aromatic carbocycles. The van der Waals surface area contributed by atoms with Crippen LogP contribution < -0.4 is 4.74 Å². The van der Waals surface area contributed by atoms with Gasteiger partial charge in [0.25, 0.3) is 0 Å². The number of hydrogen-bond acceptors (Lipinski definition) is 4. The summed E-state index contributed by atoms with van der Waals surface area (Å²) in [5, 5.41) is 7.51. The fourth-order valence-electron chi connectivity index (χ4n) is 1.32. The Hall–Kier alpha value is -0.610. The van der Waals surface area contributed by atoms with Gasteiger partial charge in [0.2, 0.25) is 0 Å². The lowest BCUT2D eigenvalue weighted by Gasteiger charge is -2.06. The van der Waals surface area contributed by atoms with Crippen LogP contribution in [0.2, 0.25) is 0 Å². The zero-order valence-corrected chi connectivity index (χ0v) is 11.1. The summed E-state index contributed by atoms with van der Waals surface area (Å²) < 4.78 is 5.62. The van der Waals surface area contributed by atoms with E-state index in [0.717, 1.165) is 23.8 Å². The fourth-order valence-corrected chi connectivity index (χ4v) is 1.32. The van der Waals surface area contributed by atoms with Crippen LogP contribution in [0.5, 0.6) is 5.75 Å². The number of ether oxygens (including phenoxy) is 1. The van der Waals surface area contributed by atoms with Gasteiger partial charge in [-0.15, -0.1) is 23.3 Å². The van der Waals surface area contributed by atoms with Crippen molar-refractivity contribution < 1.29 is 4.74 Å². The Morgan fingerprint density at radius 2 is 2.12 bits per heavy atom. The quantitative estimate of drug-likeness (QED) is 0.428. The Labute approximate surface area is 107 Å². The van der Waals surface area contributed by atoms with Crippen molar-refractivity contribution in [3.05, 3.63) is 29.8 Å². The van der Waals surface area contributed by atoms with Crippen molar-refractivity contribution >= 4 is 29.0 Å². The highest BCUT2D eigenvalue weighted by Crippen LogP contribution is 2.29. The van der Waals surface area contributed by atoms with Crippen molar-refractivity contribution in [2.45, 2.75) is 19.8 Å². The topological polar surface area (TPSA) is 33.1 Å². The molecule has 16 heavy (non-hydrogen) atoms. The lowest BCUT2D eigenvalue weighted by molar-refractivity contribution is 0.300. The van der Waals surface area contributed by atoms with Crippen molar-refractivity contribution in [1.82, 2.24) is 0 Å². The predicted octanol–water partition coefficient (Wildman–Crippen LogP) is 3.62. The summed E-state index contributed by atoms with van der Waals surface area (Å²) >= 11 is 6.44. The first kappa shape index (κ1) is 13.5. The second-order valence-electron chi connectivity index (χ2n) is 3.91. The van der Waals surface area contributed by atoms with E-state index < -0.39 is 0 Å². The fraction of sp³-hybridized carbons (Fsp3) is 0.417. The molecule has 1 fully saturated rings. The molecule has 0 amide bonds. The van der Waals surface area contributed by atoms with Crippen molar-refractivity contribution in [2.24, 2.45) is 5.92 Å². The molecule has 2 rings (SSSR count). The van der Waals surface area contributed by atoms with Crippen LogP contribution in [-0.4, -0.2) is 12.3 Å². The SMILES string of the molecule is CC(=N)c1cccc(OCC2CC2)c1.SS. The molecule has 88 valence electrons. The molecule has 1 aromatic rings. The van der Waals surface area contributed by atoms with Crippen LogP contribution in [0, 0.1) is 11.3 Å². The summed E-state index contributed by atoms with van der Waals surface area (Å²) in [7, 11) is 0. The maximum Gasteiger partial charge on any atom is 0.119 e. The molecule has 1 N–H and O–H groups in total. The monoisotopic (exact) mass is 255 g/mol. The van der Waals surface area contributed by atoms with Gasteiger partial charge in [0.1, 0.15) is 5.75 Å². The molecule has 0 saturated heterocycles. The summed E-state index contributed by atoms with van der Waals surface area (Å²) in [6, 6.07) is 7.77. The normalized spacial score (nSPS) is 13.7. The third-order valence-electron chi connectivity index (χ3n) is 2.45. The maximum atomic E-state index is 7.51. The van der Waals surface area contributed by atoms with Crippen LogP contribution in [0.15, 0.2) is 24.3 Å². The van der Waals surface area contributed by atoms with Crippen LogP contribution in [0.3, 0.4) is 0 Å². The standard InChI is InChI=1S/C12H15NO.H2S2/c1-9(13)11-3-2-4-12(7-11)14-8-10-5-6-10;1-2/h2-4,7,10,13H,5-6,8H2,1H3;1-2H. The minimum atomic E-state index is 0.585. The van der Waals surface area contributed by atoms with E-state index in [1.54, 1.807) is 6.92 Å². The summed E-state index contributed by atoms with van der Waals surface area (Å²) in [6.45, 7) is 2.63. The minimum Gasteiger partial charge on any atom is -0.493 e. The Bertz CT molecular complexity index is 351. The van der Waals surface area contributed by atoms with Crippen LogP contribution in [0.4, 0.5) is 0 Å². The van der Waals surface area contributed by atoms with E-state index in [-0.39, 0.29) is 0 Å². The van der Waals surface area contributed by atoms with Gasteiger partial charge in [0.15, 0.2) is 0 Å². The Balaban J connectivity index is 0.000000606. The minimum absolute atomic E-state index is 0.585. The summed E-state index contributed by atoms with van der Waals surface area (Å²) in [5.74, 6) is 1.67. The van der Waals surface area contributed by atoms with Gasteiger partial charge >= 0.3 is 0 Å². The highest BCUT2D eigenvalue weighted by molar-refractivity contribution is 8.59. The second-order valence-corrected chi connectivity index (χ2v) is 3.91. The summed E-state index contributed by atoms with van der Waals surface area (Å²) in [6.07, 6.45) is 2.62. The van der Waals surface area contributed by atoms with E-state index >= 15 is 0 Å². The molecular formula is C12H17NOS2. The first-order valence-electron chi connectivity index (χ1n) is 5.24. The first-order valence-corrected chi connectivity index (χ1v) is 6.84. The lowest BCUT2D eigenvalue weighted by atomic mass is 10.1. The Morgan fingerprint density at radius 3 is 2.69 bits per heavy atom. The number of nitrogens with one attached hydrogen (secondary N) is 1. The maximum absolute atomic E-state index is 7.51. The average molecular weight is 255 g/mol. The lowest BCUT2D eigenvalue weighted by Crippen LogP contribution is -2.00. The number of benzene rings is 1. The van der Waals surface area contributed by atoms with Gasteiger partial charge in [-0.3, -0.25) is 0 Å². The van der Waals surface area contributed by atoms with E-state index in [1.807, 2.05) is 24.3 Å². The number of thiol groups is 2. The largest absolute Gasteiger partial charge is 0.493 e. The van der Waals surface area contributed by atoms with E-state index in [0.29, 0.717) is 5.71 Å². The zero-order valence-electron chi connectivity index (χ0n) is 9.31. The zero-order chi connectivity index (χ0) is 12.0. The van der Waals surface area contributed by atoms with Gasteiger partial charge in [0.05, 0.1) is 6.61 Å². The summed E-state index contributed by atoms with van der Waals surface area (Å²) in [4.78, 5) is 0. The molecule has 1 aliphatic carbocycles. The molecule has 0 spiro atoms. The highest BCUT2D eigenvalue weighted by Gasteiger charge is 2.21. The van der Waals surface area contributed by atoms with Crippen LogP contribution in [-0.2, 0) is 0 Å². The molecule has 0 unspecified atom stereocenters. The molecule has 0 heterocycles. The molecule has 0 atom stereocenters. The first-order chi connectivity index (χ1) is 7.75. The smallest absolute Gasteiger partial charge is 0.119 e. The van der Waals surface area contributed by atoms with Gasteiger partial charge < -0.3 is 10.1 Å². The Morgan fingerprint density at radius 1 is 1.44 bits per heavy atom. The third-order valence-corrected chi connectivity index (χ3v) is 2.45. The van der Waals surface area contributed by atoms with E-state index in [4.69, 9.17) is 10.1 Å². The van der Waals surface area contributed by atoms with Crippen LogP contribution in [0.1, 0.15) is 25.3 Å². The molecule has 0 bridgehead atoms. The van der Waals surface area contributed by atoms with Crippen LogP contribution >= 0.6 is 23.3 Å². The van der Waals surface area contributed by atoms with Gasteiger partial charge in [-0.2, -0.15) is 0 Å². The van der Waals surface area contributed by atoms with Crippen molar-refractivity contribution in [3.8, 4) is 5.75 Å². The molecule has 4 heteroatoms. The van der Waals surface area contributed by atoms with E-state index in [1.165, 1.54) is 12.8 Å². The summed E-state index contributed by atoms with van der Waals surface area (Å²) in [5.41, 5.74) is 1.53. The van der Waals surface area contributed by atoms with Gasteiger partial charge in [-0.25, -0.2) is 0 Å². The van der Waals surface area contributed by atoms with Gasteiger partial charge in [-0.1, -0.05) is 12.1 Å². The molecule has 0 radical (unpaired) electrons. The highest BCUT2D eigenvalue weighted by atomic mass is 33.1. The molecular weight excluding hydrogens is 238 g/mol. The van der Waals surface area contributed by atoms with Crippen molar-refractivity contribution in [1.29, 1.82) is 5.41 Å². The molecule has 1 aliphatic rings. The molecule has 0 aromatic heterocycles. The Kier molecular flexibility index (Phi) is 5.77. The number of hydrogen-bond donors (Lipinski definition) is 3. The van der Waals surface area contributed by atoms with Gasteiger partial charge in [-0.05, 0) is 43.4 Å². The van der Waals surface area contributed by atoms with E-state index in [2.05, 4.69) is 23.3 Å².